The van der Waals surface area contributed by atoms with Gasteiger partial charge in [-0.25, -0.2) is 0 Å². The van der Waals surface area contributed by atoms with Crippen molar-refractivity contribution < 1.29 is 0 Å². The summed E-state index contributed by atoms with van der Waals surface area (Å²) in [6.45, 7) is 0. The van der Waals surface area contributed by atoms with Crippen molar-refractivity contribution >= 4 is 50.4 Å². The van der Waals surface area contributed by atoms with Crippen LogP contribution in [0, 0.1) is 11.8 Å². The van der Waals surface area contributed by atoms with Crippen molar-refractivity contribution in [2.24, 2.45) is 11.8 Å². The molecule has 2 aliphatic carbocycles. The molecule has 17 heavy (non-hydrogen) atoms. The van der Waals surface area contributed by atoms with Crippen molar-refractivity contribution in [3.63, 3.8) is 0 Å². The summed E-state index contributed by atoms with van der Waals surface area (Å²) in [5.74, 6) is 2.25. The molecule has 1 heterocycles. The Morgan fingerprint density at radius 1 is 1.12 bits per heavy atom. The summed E-state index contributed by atoms with van der Waals surface area (Å²) in [5, 5.41) is 1.71. The van der Waals surface area contributed by atoms with E-state index in [2.05, 4.69) is 45.4 Å². The number of fused-ring (bicyclic) bond motifs is 5. The zero-order chi connectivity index (χ0) is 11.5. The van der Waals surface area contributed by atoms with E-state index >= 15 is 0 Å². The topological polar surface area (TPSA) is 0 Å². The van der Waals surface area contributed by atoms with E-state index < -0.39 is 4.20 Å². The molecule has 2 bridgehead atoms. The van der Waals surface area contributed by atoms with Gasteiger partial charge in [-0.15, -0.1) is 0 Å². The van der Waals surface area contributed by atoms with Crippen molar-refractivity contribution in [1.82, 2.24) is 0 Å². The van der Waals surface area contributed by atoms with E-state index in [-0.39, 0.29) is 0 Å². The van der Waals surface area contributed by atoms with E-state index in [1.54, 1.807) is 24.6 Å². The van der Waals surface area contributed by atoms with Gasteiger partial charge in [0, 0.05) is 0 Å². The molecule has 1 saturated heterocycles. The molecule has 1 aliphatic heterocycles. The Morgan fingerprint density at radius 3 is 2.71 bits per heavy atom. The minimum atomic E-state index is -0.853. The van der Waals surface area contributed by atoms with E-state index in [9.17, 15) is 0 Å². The third kappa shape index (κ3) is 1.71. The second-order valence-corrected chi connectivity index (χ2v) is 28.1. The summed E-state index contributed by atoms with van der Waals surface area (Å²) in [6, 6.07) is 11.5. The van der Waals surface area contributed by atoms with Gasteiger partial charge in [0.25, 0.3) is 0 Å². The van der Waals surface area contributed by atoms with Crippen LogP contribution in [0.1, 0.15) is 19.3 Å². The summed E-state index contributed by atoms with van der Waals surface area (Å²) in [6.07, 6.45) is 4.70. The van der Waals surface area contributed by atoms with Crippen LogP contribution in [0.15, 0.2) is 30.3 Å². The third-order valence-corrected chi connectivity index (χ3v) is 40.2. The van der Waals surface area contributed by atoms with Crippen LogP contribution in [0.2, 0.25) is 4.82 Å². The first-order valence-electron chi connectivity index (χ1n) is 6.29. The van der Waals surface area contributed by atoms with Crippen molar-refractivity contribution in [3.8, 4) is 0 Å². The average molecular weight is 439 g/mol. The zero-order valence-electron chi connectivity index (χ0n) is 9.49. The first kappa shape index (κ1) is 12.0. The van der Waals surface area contributed by atoms with E-state index in [0.29, 0.717) is 0 Å². The molecule has 1 aromatic carbocycles. The molecule has 3 fully saturated rings. The fourth-order valence-corrected chi connectivity index (χ4v) is 43.4. The maximum absolute atomic E-state index is 3.78. The number of rotatable bonds is 1. The first-order valence-corrected chi connectivity index (χ1v) is 17.9. The van der Waals surface area contributed by atoms with Gasteiger partial charge in [0.2, 0.25) is 0 Å². The molecular weight excluding hydrogens is 424 g/mol. The number of benzene rings is 1. The molecule has 0 radical (unpaired) electrons. The number of hydrogen-bond acceptors (Lipinski definition) is 0. The number of hydrogen-bond donors (Lipinski definition) is 0. The van der Waals surface area contributed by atoms with E-state index in [1.165, 1.54) is 4.82 Å². The second kappa shape index (κ2) is 4.36. The van der Waals surface area contributed by atoms with Crippen molar-refractivity contribution in [3.05, 3.63) is 30.3 Å². The molecule has 0 amide bonds. The molecule has 4 heteroatoms. The quantitative estimate of drug-likeness (QED) is 0.466. The molecule has 5 atom stereocenters. The van der Waals surface area contributed by atoms with Crippen molar-refractivity contribution in [1.29, 1.82) is 0 Å². The molecule has 4 rings (SSSR count). The molecule has 0 aromatic heterocycles. The second-order valence-electron chi connectivity index (χ2n) is 5.39. The molecule has 1 aromatic rings. The van der Waals surface area contributed by atoms with Crippen LogP contribution in [0.5, 0.6) is 0 Å². The van der Waals surface area contributed by atoms with Gasteiger partial charge in [0.05, 0.1) is 0 Å². The van der Waals surface area contributed by atoms with E-state index in [0.717, 1.165) is 43.3 Å². The summed E-state index contributed by atoms with van der Waals surface area (Å²) < 4.78 is -0.853. The van der Waals surface area contributed by atoms with Gasteiger partial charge in [-0.05, 0) is 0 Å². The van der Waals surface area contributed by atoms with Gasteiger partial charge >= 0.3 is 122 Å². The Kier molecular flexibility index (Phi) is 3.07. The van der Waals surface area contributed by atoms with Crippen LogP contribution < -0.4 is 5.30 Å². The molecule has 2 saturated carbocycles. The standard InChI is InChI=1S/C13H15PSe3/c15-14(11-4-2-1-3-5-11)12-9-6-7-10(8-9)13(12)16-17-14/h1-5,9-10,12-13H,6-8H2/t9-,10+,12+,13-,14-/m1/s1. The molecule has 0 N–H and O–H groups in total. The van der Waals surface area contributed by atoms with Crippen LogP contribution in [0.4, 0.5) is 0 Å². The third-order valence-electron chi connectivity index (χ3n) is 4.57. The predicted octanol–water partition coefficient (Wildman–Crippen LogP) is 2.25. The van der Waals surface area contributed by atoms with Gasteiger partial charge < -0.3 is 0 Å². The SMILES string of the molecule is [Se]=[P@]1(c2ccccc2)[Se][Se][C@@H]2[C@H]3CC[C@H](C3)[C@@H]21. The first-order chi connectivity index (χ1) is 8.29. The summed E-state index contributed by atoms with van der Waals surface area (Å²) >= 11 is 5.71. The van der Waals surface area contributed by atoms with Gasteiger partial charge in [-0.1, -0.05) is 0 Å². The fourth-order valence-electron chi connectivity index (χ4n) is 3.83. The predicted molar refractivity (Wildman–Crippen MR) is 78.6 cm³/mol. The minimum absolute atomic E-state index is 0.853. The van der Waals surface area contributed by atoms with Gasteiger partial charge in [-0.3, -0.25) is 0 Å². The van der Waals surface area contributed by atoms with Crippen LogP contribution >= 0.6 is 4.20 Å². The Morgan fingerprint density at radius 2 is 1.88 bits per heavy atom. The monoisotopic (exact) mass is 442 g/mol. The zero-order valence-corrected chi connectivity index (χ0v) is 15.5. The molecule has 3 aliphatic rings. The van der Waals surface area contributed by atoms with E-state index in [4.69, 9.17) is 0 Å². The normalized spacial score (nSPS) is 47.3. The summed E-state index contributed by atoms with van der Waals surface area (Å²) in [4.78, 5) is 1.18. The Labute approximate surface area is 121 Å². The van der Waals surface area contributed by atoms with Crippen LogP contribution in [-0.2, 0) is 0 Å². The Bertz CT molecular complexity index is 487. The van der Waals surface area contributed by atoms with Gasteiger partial charge in [-0.2, -0.15) is 0 Å². The molecular formula is C13H15PSe3. The van der Waals surface area contributed by atoms with Crippen LogP contribution in [0.25, 0.3) is 0 Å². The van der Waals surface area contributed by atoms with Crippen molar-refractivity contribution in [2.45, 2.75) is 29.7 Å². The average Bonchev–Trinajstić information content (AvgIpc) is 3.04. The molecule has 0 nitrogen and oxygen atoms in total. The summed E-state index contributed by atoms with van der Waals surface area (Å²) in [5.41, 5.74) is 1.11. The van der Waals surface area contributed by atoms with Gasteiger partial charge in [0.1, 0.15) is 0 Å². The van der Waals surface area contributed by atoms with Gasteiger partial charge in [0.15, 0.2) is 0 Å². The molecule has 90 valence electrons. The molecule has 0 spiro atoms. The van der Waals surface area contributed by atoms with Crippen LogP contribution in [-0.4, -0.2) is 46.6 Å². The fraction of sp³-hybridized carbons (Fsp3) is 0.538. The van der Waals surface area contributed by atoms with E-state index in [1.807, 2.05) is 0 Å². The Balaban J connectivity index is 1.78. The van der Waals surface area contributed by atoms with Crippen LogP contribution in [0.3, 0.4) is 0 Å². The Hall–Kier alpha value is 1.21. The summed E-state index contributed by atoms with van der Waals surface area (Å²) in [7, 11) is 0. The maximum atomic E-state index is 3.78. The van der Waals surface area contributed by atoms with Crippen molar-refractivity contribution in [2.75, 3.05) is 0 Å². The molecule has 0 unspecified atom stereocenters.